The zero-order valence-corrected chi connectivity index (χ0v) is 45.3. The zero-order chi connectivity index (χ0) is 47.7. The highest BCUT2D eigenvalue weighted by atomic mass is 16.6. The van der Waals surface area contributed by atoms with E-state index in [0.717, 1.165) is 86.9 Å². The second-order valence-corrected chi connectivity index (χ2v) is 24.1. The molecule has 5 aliphatic rings. The molecule has 1 heterocycles. The number of hydrogen-bond acceptors (Lipinski definition) is 6. The van der Waals surface area contributed by atoms with Gasteiger partial charge in [-0.2, -0.15) is 0 Å². The van der Waals surface area contributed by atoms with Gasteiger partial charge in [-0.25, -0.2) is 0 Å². The first-order valence-corrected chi connectivity index (χ1v) is 29.6. The predicted octanol–water partition coefficient (Wildman–Crippen LogP) is 16.3. The quantitative estimate of drug-likeness (QED) is 0.0358. The minimum Gasteiger partial charge on any atom is -0.462 e. The molecule has 67 heavy (non-hydrogen) atoms. The number of esters is 1. The monoisotopic (exact) mass is 936 g/mol. The van der Waals surface area contributed by atoms with Crippen LogP contribution in [0, 0.1) is 52.3 Å². The van der Waals surface area contributed by atoms with Gasteiger partial charge < -0.3 is 23.8 Å². The summed E-state index contributed by atoms with van der Waals surface area (Å²) in [6.45, 7) is 23.6. The van der Waals surface area contributed by atoms with Crippen LogP contribution in [0.15, 0.2) is 23.8 Å². The Morgan fingerprint density at radius 2 is 1.51 bits per heavy atom. The Balaban J connectivity index is 0.917. The standard InChI is InChI=1S/C61H109NO5/c1-8-10-11-12-13-14-15-16-17-18-19-20-21-22-23-24-41-65-48-54(47-62-40-26-29-50(5)46-62)66-44-43-64-42-27-31-59(63)67-53-36-38-60(6)52(45-53)32-33-55-57-35-34-56(61(57,7)39-37-58(55)60)51(9-2)30-25-28-49(3)4/h16-17,32,49-51,53-58H,8-15,18-31,33-48H2,1-7H3/b17-16-/t50?,51?,53?,54?,55?,56-,57+,58+,60?,61?/m1/s1. The van der Waals surface area contributed by atoms with E-state index in [1.807, 2.05) is 0 Å². The van der Waals surface area contributed by atoms with Gasteiger partial charge in [0.2, 0.25) is 0 Å². The number of hydrogen-bond donors (Lipinski definition) is 0. The second-order valence-electron chi connectivity index (χ2n) is 24.1. The SMILES string of the molecule is CCCCCCCC/C=C\CCCCCCCCOCC(CN1CCCC(C)C1)OCCOCCCC(=O)OC1CCC2(C)C(=CCC3[C@@H]2CCC2(C)[C@@H](C(CC)CCCC(C)C)CC[C@@H]32)C1. The fourth-order valence-electron chi connectivity index (χ4n) is 14.5. The zero-order valence-electron chi connectivity index (χ0n) is 45.3. The van der Waals surface area contributed by atoms with Crippen LogP contribution in [0.25, 0.3) is 0 Å². The number of ether oxygens (including phenoxy) is 4. The highest BCUT2D eigenvalue weighted by Crippen LogP contribution is 2.67. The first kappa shape index (κ1) is 56.7. The van der Waals surface area contributed by atoms with Crippen LogP contribution in [0.5, 0.6) is 0 Å². The van der Waals surface area contributed by atoms with E-state index in [4.69, 9.17) is 18.9 Å². The molecule has 0 amide bonds. The van der Waals surface area contributed by atoms with Crippen molar-refractivity contribution >= 4 is 5.97 Å². The fourth-order valence-corrected chi connectivity index (χ4v) is 14.5. The number of rotatable bonds is 35. The van der Waals surface area contributed by atoms with E-state index in [0.29, 0.717) is 44.7 Å². The molecule has 388 valence electrons. The molecule has 6 nitrogen and oxygen atoms in total. The summed E-state index contributed by atoms with van der Waals surface area (Å²) >= 11 is 0. The number of likely N-dealkylation sites (tertiary alicyclic amines) is 1. The van der Waals surface area contributed by atoms with Gasteiger partial charge in [-0.05, 0) is 155 Å². The van der Waals surface area contributed by atoms with Gasteiger partial charge in [0.1, 0.15) is 6.10 Å². The van der Waals surface area contributed by atoms with Crippen LogP contribution in [0.1, 0.15) is 241 Å². The summed E-state index contributed by atoms with van der Waals surface area (Å²) in [6.07, 6.45) is 45.5. The number of unbranched alkanes of at least 4 members (excludes halogenated alkanes) is 12. The summed E-state index contributed by atoms with van der Waals surface area (Å²) in [5, 5.41) is 0. The van der Waals surface area contributed by atoms with E-state index in [-0.39, 0.29) is 23.6 Å². The van der Waals surface area contributed by atoms with Gasteiger partial charge >= 0.3 is 5.97 Å². The van der Waals surface area contributed by atoms with E-state index in [2.05, 4.69) is 71.6 Å². The van der Waals surface area contributed by atoms with Gasteiger partial charge in [0.05, 0.1) is 25.9 Å². The molecule has 3 saturated carbocycles. The van der Waals surface area contributed by atoms with Crippen molar-refractivity contribution in [2.75, 3.05) is 52.7 Å². The molecule has 4 fully saturated rings. The molecule has 7 unspecified atom stereocenters. The lowest BCUT2D eigenvalue weighted by Crippen LogP contribution is -2.51. The number of piperidine rings is 1. The van der Waals surface area contributed by atoms with Crippen LogP contribution >= 0.6 is 0 Å². The average molecular weight is 937 g/mol. The van der Waals surface area contributed by atoms with E-state index in [1.54, 1.807) is 5.57 Å². The van der Waals surface area contributed by atoms with Crippen LogP contribution in [0.3, 0.4) is 0 Å². The maximum Gasteiger partial charge on any atom is 0.306 e. The minimum absolute atomic E-state index is 0.0301. The Hall–Kier alpha value is -1.21. The van der Waals surface area contributed by atoms with Crippen molar-refractivity contribution in [3.05, 3.63) is 23.8 Å². The number of carbonyl (C=O) groups excluding carboxylic acids is 1. The van der Waals surface area contributed by atoms with Crippen molar-refractivity contribution < 1.29 is 23.7 Å². The number of carbonyl (C=O) groups is 1. The first-order valence-electron chi connectivity index (χ1n) is 29.6. The average Bonchev–Trinajstić information content (AvgIpc) is 3.66. The van der Waals surface area contributed by atoms with E-state index in [1.165, 1.54) is 161 Å². The molecule has 0 radical (unpaired) electrons. The van der Waals surface area contributed by atoms with Gasteiger partial charge in [-0.15, -0.1) is 0 Å². The van der Waals surface area contributed by atoms with Crippen molar-refractivity contribution in [3.63, 3.8) is 0 Å². The van der Waals surface area contributed by atoms with Crippen LogP contribution < -0.4 is 0 Å². The Kier molecular flexibility index (Phi) is 26.5. The van der Waals surface area contributed by atoms with Crippen molar-refractivity contribution in [1.29, 1.82) is 0 Å². The maximum absolute atomic E-state index is 13.1. The maximum atomic E-state index is 13.1. The molecule has 6 heteroatoms. The number of allylic oxidation sites excluding steroid dienone is 3. The molecule has 0 N–H and O–H groups in total. The van der Waals surface area contributed by atoms with E-state index < -0.39 is 0 Å². The van der Waals surface area contributed by atoms with Gasteiger partial charge in [-0.1, -0.05) is 156 Å². The Morgan fingerprint density at radius 1 is 0.776 bits per heavy atom. The van der Waals surface area contributed by atoms with Gasteiger partial charge in [0.15, 0.2) is 0 Å². The highest BCUT2D eigenvalue weighted by Gasteiger charge is 2.59. The molecule has 0 aromatic heterocycles. The minimum atomic E-state index is -0.0539. The van der Waals surface area contributed by atoms with Crippen LogP contribution in [-0.2, 0) is 23.7 Å². The topological polar surface area (TPSA) is 57.2 Å². The summed E-state index contributed by atoms with van der Waals surface area (Å²) in [7, 11) is 0. The highest BCUT2D eigenvalue weighted by molar-refractivity contribution is 5.69. The molecular formula is C61H109NO5. The van der Waals surface area contributed by atoms with Crippen molar-refractivity contribution in [2.45, 2.75) is 253 Å². The smallest absolute Gasteiger partial charge is 0.306 e. The summed E-state index contributed by atoms with van der Waals surface area (Å²) in [5.41, 5.74) is 2.41. The molecule has 0 aromatic carbocycles. The van der Waals surface area contributed by atoms with Crippen LogP contribution in [0.2, 0.25) is 0 Å². The molecule has 1 saturated heterocycles. The molecule has 0 bridgehead atoms. The predicted molar refractivity (Wildman–Crippen MR) is 282 cm³/mol. The van der Waals surface area contributed by atoms with Gasteiger partial charge in [0, 0.05) is 39.1 Å². The Labute approximate surface area is 415 Å². The Bertz CT molecular complexity index is 1390. The van der Waals surface area contributed by atoms with Crippen LogP contribution in [-0.4, -0.2) is 75.7 Å². The largest absolute Gasteiger partial charge is 0.462 e. The third kappa shape index (κ3) is 18.7. The summed E-state index contributed by atoms with van der Waals surface area (Å²) in [6, 6.07) is 0. The molecule has 4 aliphatic carbocycles. The summed E-state index contributed by atoms with van der Waals surface area (Å²) < 4.78 is 24.8. The first-order chi connectivity index (χ1) is 32.6. The molecule has 1 aliphatic heterocycles. The van der Waals surface area contributed by atoms with Crippen molar-refractivity contribution in [3.8, 4) is 0 Å². The van der Waals surface area contributed by atoms with Gasteiger partial charge in [-0.3, -0.25) is 4.79 Å². The molecular weight excluding hydrogens is 827 g/mol. The lowest BCUT2D eigenvalue weighted by Gasteiger charge is -2.58. The van der Waals surface area contributed by atoms with E-state index in [9.17, 15) is 4.79 Å². The lowest BCUT2D eigenvalue weighted by molar-refractivity contribution is -0.152. The summed E-state index contributed by atoms with van der Waals surface area (Å²) in [4.78, 5) is 15.7. The fraction of sp³-hybridized carbons (Fsp3) is 0.918. The van der Waals surface area contributed by atoms with Gasteiger partial charge in [0.25, 0.3) is 0 Å². The molecule has 0 spiro atoms. The summed E-state index contributed by atoms with van der Waals surface area (Å²) in [5.74, 6) is 5.86. The Morgan fingerprint density at radius 3 is 2.24 bits per heavy atom. The number of nitrogens with zero attached hydrogens (tertiary/aromatic N) is 1. The van der Waals surface area contributed by atoms with Crippen molar-refractivity contribution in [2.24, 2.45) is 52.3 Å². The molecule has 0 aromatic rings. The number of fused-ring (bicyclic) bond motifs is 5. The van der Waals surface area contributed by atoms with Crippen LogP contribution in [0.4, 0.5) is 0 Å². The van der Waals surface area contributed by atoms with E-state index >= 15 is 0 Å². The normalized spacial score (nSPS) is 29.7. The molecule has 5 rings (SSSR count). The molecule has 10 atom stereocenters. The lowest BCUT2D eigenvalue weighted by atomic mass is 9.47. The third-order valence-electron chi connectivity index (χ3n) is 18.4. The second kappa shape index (κ2) is 31.3. The van der Waals surface area contributed by atoms with Crippen molar-refractivity contribution in [1.82, 2.24) is 4.90 Å². The third-order valence-corrected chi connectivity index (χ3v) is 18.4.